The minimum atomic E-state index is -0.348. The summed E-state index contributed by atoms with van der Waals surface area (Å²) in [6, 6.07) is 0. The maximum Gasteiger partial charge on any atom is 0.319 e. The van der Waals surface area contributed by atoms with Gasteiger partial charge in [0.1, 0.15) is 5.25 Å². The third kappa shape index (κ3) is 4.78. The maximum absolute atomic E-state index is 13.3. The van der Waals surface area contributed by atoms with E-state index in [9.17, 15) is 9.59 Å². The molecule has 4 aliphatic carbocycles. The Morgan fingerprint density at radius 3 is 2.39 bits per heavy atom. The van der Waals surface area contributed by atoms with E-state index in [1.165, 1.54) is 31.0 Å². The number of rotatable bonds is 10. The predicted octanol–water partition coefficient (Wildman–Crippen LogP) is 3.95. The lowest BCUT2D eigenvalue weighted by Crippen LogP contribution is -2.53. The quantitative estimate of drug-likeness (QED) is 0.431. The van der Waals surface area contributed by atoms with Gasteiger partial charge < -0.3 is 14.6 Å². The van der Waals surface area contributed by atoms with Crippen molar-refractivity contribution in [3.63, 3.8) is 0 Å². The van der Waals surface area contributed by atoms with Crippen LogP contribution >= 0.6 is 11.8 Å². The number of esters is 1. The SMILES string of the molecule is CCCCn1c(CNC(=O)C23CC4CC(CC(C4)C2)C3)nnc1S[C@H](C)C(=O)OCC. The average molecular weight is 449 g/mol. The molecule has 7 nitrogen and oxygen atoms in total. The highest BCUT2D eigenvalue weighted by molar-refractivity contribution is 8.00. The third-order valence-corrected chi connectivity index (χ3v) is 8.42. The van der Waals surface area contributed by atoms with Crippen LogP contribution < -0.4 is 5.32 Å². The number of hydrogen-bond donors (Lipinski definition) is 1. The van der Waals surface area contributed by atoms with E-state index in [4.69, 9.17) is 4.74 Å². The summed E-state index contributed by atoms with van der Waals surface area (Å²) < 4.78 is 7.18. The van der Waals surface area contributed by atoms with Crippen LogP contribution in [-0.2, 0) is 27.4 Å². The molecule has 0 saturated heterocycles. The van der Waals surface area contributed by atoms with Crippen molar-refractivity contribution in [3.05, 3.63) is 5.82 Å². The second kappa shape index (κ2) is 9.51. The van der Waals surface area contributed by atoms with Gasteiger partial charge in [-0.3, -0.25) is 9.59 Å². The molecule has 4 fully saturated rings. The van der Waals surface area contributed by atoms with E-state index in [2.05, 4.69) is 27.0 Å². The number of hydrogen-bond acceptors (Lipinski definition) is 6. The fourth-order valence-electron chi connectivity index (χ4n) is 6.28. The molecular formula is C23H36N4O3S. The molecule has 0 spiro atoms. The number of ether oxygens (including phenoxy) is 1. The molecule has 4 aliphatic rings. The topological polar surface area (TPSA) is 86.1 Å². The summed E-state index contributed by atoms with van der Waals surface area (Å²) in [5.41, 5.74) is -0.154. The molecule has 0 radical (unpaired) electrons. The molecular weight excluding hydrogens is 412 g/mol. The molecule has 172 valence electrons. The summed E-state index contributed by atoms with van der Waals surface area (Å²) in [4.78, 5) is 25.3. The second-order valence-corrected chi connectivity index (χ2v) is 11.1. The summed E-state index contributed by atoms with van der Waals surface area (Å²) in [5.74, 6) is 2.98. The number of amides is 1. The van der Waals surface area contributed by atoms with Crippen LogP contribution in [0.4, 0.5) is 0 Å². The van der Waals surface area contributed by atoms with Crippen molar-refractivity contribution in [2.45, 2.75) is 95.6 Å². The summed E-state index contributed by atoms with van der Waals surface area (Å²) in [7, 11) is 0. The molecule has 1 aromatic heterocycles. The number of unbranched alkanes of at least 4 members (excludes halogenated alkanes) is 1. The molecule has 5 rings (SSSR count). The molecule has 4 saturated carbocycles. The average Bonchev–Trinajstić information content (AvgIpc) is 3.10. The summed E-state index contributed by atoms with van der Waals surface area (Å²) in [5, 5.41) is 12.3. The Bertz CT molecular complexity index is 773. The maximum atomic E-state index is 13.3. The zero-order chi connectivity index (χ0) is 22.0. The number of carbonyl (C=O) groups is 2. The van der Waals surface area contributed by atoms with Crippen molar-refractivity contribution < 1.29 is 14.3 Å². The Hall–Kier alpha value is -1.57. The van der Waals surface area contributed by atoms with E-state index < -0.39 is 0 Å². The molecule has 0 aliphatic heterocycles. The highest BCUT2D eigenvalue weighted by atomic mass is 32.2. The van der Waals surface area contributed by atoms with E-state index in [-0.39, 0.29) is 22.5 Å². The van der Waals surface area contributed by atoms with Gasteiger partial charge in [-0.05, 0) is 76.5 Å². The van der Waals surface area contributed by atoms with Crippen LogP contribution in [0, 0.1) is 23.2 Å². The van der Waals surface area contributed by atoms with Gasteiger partial charge in [-0.2, -0.15) is 0 Å². The van der Waals surface area contributed by atoms with Gasteiger partial charge in [0.25, 0.3) is 0 Å². The Morgan fingerprint density at radius 1 is 1.16 bits per heavy atom. The molecule has 31 heavy (non-hydrogen) atoms. The monoisotopic (exact) mass is 448 g/mol. The van der Waals surface area contributed by atoms with Crippen LogP contribution in [0.5, 0.6) is 0 Å². The van der Waals surface area contributed by atoms with E-state index in [1.807, 2.05) is 13.8 Å². The number of thioether (sulfide) groups is 1. The Kier molecular flexibility index (Phi) is 6.94. The largest absolute Gasteiger partial charge is 0.465 e. The van der Waals surface area contributed by atoms with Crippen LogP contribution in [0.2, 0.25) is 0 Å². The first-order valence-corrected chi connectivity index (χ1v) is 12.9. The van der Waals surface area contributed by atoms with Gasteiger partial charge in [0.15, 0.2) is 11.0 Å². The highest BCUT2D eigenvalue weighted by Crippen LogP contribution is 2.60. The van der Waals surface area contributed by atoms with Gasteiger partial charge >= 0.3 is 5.97 Å². The number of aromatic nitrogens is 3. The number of nitrogens with zero attached hydrogens (tertiary/aromatic N) is 3. The van der Waals surface area contributed by atoms with Crippen LogP contribution in [0.1, 0.15) is 78.0 Å². The lowest BCUT2D eigenvalue weighted by Gasteiger charge is -2.55. The summed E-state index contributed by atoms with van der Waals surface area (Å²) in [6.07, 6.45) is 9.22. The lowest BCUT2D eigenvalue weighted by atomic mass is 9.49. The van der Waals surface area contributed by atoms with E-state index >= 15 is 0 Å². The zero-order valence-corrected chi connectivity index (χ0v) is 19.9. The molecule has 1 aromatic rings. The number of carbonyl (C=O) groups excluding carboxylic acids is 2. The molecule has 1 amide bonds. The Balaban J connectivity index is 1.42. The fraction of sp³-hybridized carbons (Fsp3) is 0.826. The smallest absolute Gasteiger partial charge is 0.319 e. The summed E-state index contributed by atoms with van der Waals surface area (Å²) >= 11 is 1.37. The molecule has 0 unspecified atom stereocenters. The molecule has 0 aromatic carbocycles. The van der Waals surface area contributed by atoms with Crippen LogP contribution in [0.15, 0.2) is 5.16 Å². The van der Waals surface area contributed by atoms with Crippen molar-refractivity contribution in [1.82, 2.24) is 20.1 Å². The molecule has 4 bridgehead atoms. The van der Waals surface area contributed by atoms with Gasteiger partial charge in [-0.15, -0.1) is 10.2 Å². The molecule has 8 heteroatoms. The van der Waals surface area contributed by atoms with Crippen LogP contribution in [0.25, 0.3) is 0 Å². The van der Waals surface area contributed by atoms with Gasteiger partial charge in [0.2, 0.25) is 5.91 Å². The third-order valence-electron chi connectivity index (χ3n) is 7.36. The van der Waals surface area contributed by atoms with Crippen LogP contribution in [0.3, 0.4) is 0 Å². The van der Waals surface area contributed by atoms with Crippen LogP contribution in [-0.4, -0.2) is 38.5 Å². The lowest BCUT2D eigenvalue weighted by molar-refractivity contribution is -0.146. The minimum Gasteiger partial charge on any atom is -0.465 e. The standard InChI is InChI=1S/C23H36N4O3S/c1-4-6-7-27-19(25-26-22(27)31-15(3)20(28)30-5-2)14-24-21(29)23-11-16-8-17(12-23)10-18(9-16)13-23/h15-18H,4-14H2,1-3H3,(H,24,29)/t15-,16?,17?,18?,23?/m1/s1. The van der Waals surface area contributed by atoms with Crippen molar-refractivity contribution in [3.8, 4) is 0 Å². The zero-order valence-electron chi connectivity index (χ0n) is 19.1. The van der Waals surface area contributed by atoms with Gasteiger partial charge in [0.05, 0.1) is 13.2 Å². The second-order valence-electron chi connectivity index (χ2n) is 9.80. The predicted molar refractivity (Wildman–Crippen MR) is 119 cm³/mol. The van der Waals surface area contributed by atoms with Crippen molar-refractivity contribution in [1.29, 1.82) is 0 Å². The number of nitrogens with one attached hydrogen (secondary N) is 1. The van der Waals surface area contributed by atoms with Gasteiger partial charge in [-0.25, -0.2) is 0 Å². The highest BCUT2D eigenvalue weighted by Gasteiger charge is 2.54. The van der Waals surface area contributed by atoms with Gasteiger partial charge in [-0.1, -0.05) is 25.1 Å². The van der Waals surface area contributed by atoms with Gasteiger partial charge in [0, 0.05) is 12.0 Å². The van der Waals surface area contributed by atoms with Crippen molar-refractivity contribution in [2.75, 3.05) is 6.61 Å². The van der Waals surface area contributed by atoms with Crippen molar-refractivity contribution >= 4 is 23.6 Å². The first-order valence-electron chi connectivity index (χ1n) is 12.0. The Morgan fingerprint density at radius 2 is 1.81 bits per heavy atom. The first-order chi connectivity index (χ1) is 14.9. The normalized spacial score (nSPS) is 29.7. The fourth-order valence-corrected chi connectivity index (χ4v) is 7.17. The van der Waals surface area contributed by atoms with E-state index in [1.54, 1.807) is 0 Å². The Labute approximate surface area is 189 Å². The van der Waals surface area contributed by atoms with Crippen molar-refractivity contribution in [2.24, 2.45) is 23.2 Å². The molecule has 1 atom stereocenters. The minimum absolute atomic E-state index is 0.154. The molecule has 1 N–H and O–H groups in total. The summed E-state index contributed by atoms with van der Waals surface area (Å²) in [6.45, 7) is 7.33. The van der Waals surface area contributed by atoms with E-state index in [0.29, 0.717) is 18.3 Å². The van der Waals surface area contributed by atoms with E-state index in [0.717, 1.165) is 62.2 Å². The first kappa shape index (κ1) is 22.6. The molecule has 1 heterocycles.